The number of rotatable bonds is 5. The molecule has 0 aromatic heterocycles. The molecule has 3 nitrogen and oxygen atoms in total. The number of nitrogens with zero attached hydrogens (tertiary/aromatic N) is 2. The molecule has 2 rings (SSSR count). The summed E-state index contributed by atoms with van der Waals surface area (Å²) in [6.45, 7) is 0. The second kappa shape index (κ2) is 7.54. The van der Waals surface area contributed by atoms with Crippen molar-refractivity contribution in [1.82, 2.24) is 0 Å². The van der Waals surface area contributed by atoms with Crippen molar-refractivity contribution in [2.45, 2.75) is 12.3 Å². The Bertz CT molecular complexity index is 730. The molecule has 0 saturated heterocycles. The minimum absolute atomic E-state index is 0.0724. The van der Waals surface area contributed by atoms with Crippen molar-refractivity contribution in [3.63, 3.8) is 0 Å². The maximum atomic E-state index is 12.4. The van der Waals surface area contributed by atoms with Gasteiger partial charge >= 0.3 is 0 Å². The number of carbonyl (C=O) groups is 1. The molecule has 1 atom stereocenters. The maximum Gasteiger partial charge on any atom is 0.163 e. The molecule has 0 unspecified atom stereocenters. The summed E-state index contributed by atoms with van der Waals surface area (Å²) < 4.78 is 0.802. The highest BCUT2D eigenvalue weighted by atomic mass is 79.9. The van der Waals surface area contributed by atoms with E-state index in [2.05, 4.69) is 15.9 Å². The zero-order valence-electron chi connectivity index (χ0n) is 11.7. The van der Waals surface area contributed by atoms with Gasteiger partial charge in [0.05, 0.1) is 12.1 Å². The Labute approximate surface area is 137 Å². The summed E-state index contributed by atoms with van der Waals surface area (Å²) in [5.74, 6) is -1.40. The van der Waals surface area contributed by atoms with Crippen LogP contribution < -0.4 is 0 Å². The van der Waals surface area contributed by atoms with E-state index in [4.69, 9.17) is 0 Å². The second-order valence-electron chi connectivity index (χ2n) is 4.86. The summed E-state index contributed by atoms with van der Waals surface area (Å²) in [4.78, 5) is 12.4. The van der Waals surface area contributed by atoms with E-state index >= 15 is 0 Å². The van der Waals surface area contributed by atoms with Crippen LogP contribution in [-0.4, -0.2) is 5.78 Å². The highest BCUT2D eigenvalue weighted by molar-refractivity contribution is 9.10. The normalized spacial score (nSPS) is 11.5. The first-order valence-corrected chi connectivity index (χ1v) is 7.58. The average molecular weight is 353 g/mol. The van der Waals surface area contributed by atoms with Crippen molar-refractivity contribution in [1.29, 1.82) is 10.5 Å². The van der Waals surface area contributed by atoms with Gasteiger partial charge in [-0.25, -0.2) is 0 Å². The Morgan fingerprint density at radius 2 is 1.59 bits per heavy atom. The Morgan fingerprint density at radius 3 is 2.18 bits per heavy atom. The van der Waals surface area contributed by atoms with Crippen LogP contribution in [0.15, 0.2) is 59.1 Å². The molecule has 0 radical (unpaired) electrons. The lowest BCUT2D eigenvalue weighted by atomic mass is 9.83. The molecular weight excluding hydrogens is 340 g/mol. The van der Waals surface area contributed by atoms with Crippen molar-refractivity contribution in [2.75, 3.05) is 0 Å². The molecule has 108 valence electrons. The van der Waals surface area contributed by atoms with Crippen molar-refractivity contribution >= 4 is 21.7 Å². The average Bonchev–Trinajstić information content (AvgIpc) is 2.56. The lowest BCUT2D eigenvalue weighted by molar-refractivity contribution is 0.0970. The zero-order valence-corrected chi connectivity index (χ0v) is 13.3. The van der Waals surface area contributed by atoms with Crippen LogP contribution in [0.4, 0.5) is 0 Å². The summed E-state index contributed by atoms with van der Waals surface area (Å²) in [6, 6.07) is 20.3. The van der Waals surface area contributed by atoms with E-state index < -0.39 is 11.8 Å². The monoisotopic (exact) mass is 352 g/mol. The minimum Gasteiger partial charge on any atom is -0.294 e. The highest BCUT2D eigenvalue weighted by Gasteiger charge is 2.27. The molecule has 0 heterocycles. The van der Waals surface area contributed by atoms with Gasteiger partial charge in [0.15, 0.2) is 5.78 Å². The molecule has 2 aromatic rings. The topological polar surface area (TPSA) is 64.7 Å². The number of hydrogen-bond acceptors (Lipinski definition) is 3. The van der Waals surface area contributed by atoms with Crippen molar-refractivity contribution in [3.8, 4) is 12.1 Å². The SMILES string of the molecule is N#CC(C#N)[C@H](CC(=O)c1ccccc1)c1ccccc1Br. The van der Waals surface area contributed by atoms with Crippen LogP contribution in [0.5, 0.6) is 0 Å². The van der Waals surface area contributed by atoms with Crippen LogP contribution in [0.3, 0.4) is 0 Å². The zero-order chi connectivity index (χ0) is 15.9. The third-order valence-electron chi connectivity index (χ3n) is 3.49. The van der Waals surface area contributed by atoms with Crippen molar-refractivity contribution in [2.24, 2.45) is 5.92 Å². The number of carbonyl (C=O) groups excluding carboxylic acids is 1. The first kappa shape index (κ1) is 15.9. The van der Waals surface area contributed by atoms with Gasteiger partial charge in [-0.2, -0.15) is 10.5 Å². The number of benzene rings is 2. The number of hydrogen-bond donors (Lipinski definition) is 0. The smallest absolute Gasteiger partial charge is 0.163 e. The first-order chi connectivity index (χ1) is 10.7. The van der Waals surface area contributed by atoms with Crippen LogP contribution in [0.1, 0.15) is 28.3 Å². The van der Waals surface area contributed by atoms with Crippen LogP contribution in [0, 0.1) is 28.6 Å². The first-order valence-electron chi connectivity index (χ1n) is 6.79. The van der Waals surface area contributed by atoms with Gasteiger partial charge in [-0.05, 0) is 11.6 Å². The Kier molecular flexibility index (Phi) is 5.47. The molecular formula is C18H13BrN2O. The summed E-state index contributed by atoms with van der Waals surface area (Å²) in [6.07, 6.45) is 0.123. The molecule has 22 heavy (non-hydrogen) atoms. The molecule has 0 amide bonds. The van der Waals surface area contributed by atoms with E-state index in [0.29, 0.717) is 5.56 Å². The third-order valence-corrected chi connectivity index (χ3v) is 4.21. The van der Waals surface area contributed by atoms with E-state index in [1.54, 1.807) is 24.3 Å². The number of Topliss-reactive ketones (excluding diaryl/α,β-unsaturated/α-hetero) is 1. The lowest BCUT2D eigenvalue weighted by Crippen LogP contribution is -2.15. The Hall–Kier alpha value is -2.43. The standard InChI is InChI=1S/C18H13BrN2O/c19-17-9-5-4-8-15(17)16(14(11-20)12-21)10-18(22)13-6-2-1-3-7-13/h1-9,14,16H,10H2/t16-/m0/s1. The minimum atomic E-state index is -0.869. The van der Waals surface area contributed by atoms with Gasteiger partial charge in [0, 0.05) is 22.4 Å². The summed E-state index contributed by atoms with van der Waals surface area (Å²) in [5.41, 5.74) is 1.40. The molecule has 0 aliphatic carbocycles. The van der Waals surface area contributed by atoms with Crippen LogP contribution in [0.25, 0.3) is 0 Å². The van der Waals surface area contributed by atoms with E-state index in [0.717, 1.165) is 10.0 Å². The molecule has 0 aliphatic heterocycles. The van der Waals surface area contributed by atoms with Gasteiger partial charge in [0.1, 0.15) is 5.92 Å². The number of halogens is 1. The number of nitriles is 2. The van der Waals surface area contributed by atoms with Gasteiger partial charge < -0.3 is 0 Å². The van der Waals surface area contributed by atoms with Gasteiger partial charge in [0.25, 0.3) is 0 Å². The van der Waals surface area contributed by atoms with Crippen molar-refractivity contribution < 1.29 is 4.79 Å². The predicted molar refractivity (Wildman–Crippen MR) is 87.0 cm³/mol. The largest absolute Gasteiger partial charge is 0.294 e. The molecule has 0 fully saturated rings. The fourth-order valence-corrected chi connectivity index (χ4v) is 2.91. The third kappa shape index (κ3) is 3.61. The molecule has 0 saturated carbocycles. The maximum absolute atomic E-state index is 12.4. The van der Waals surface area contributed by atoms with Crippen molar-refractivity contribution in [3.05, 3.63) is 70.2 Å². The van der Waals surface area contributed by atoms with Gasteiger partial charge in [-0.3, -0.25) is 4.79 Å². The van der Waals surface area contributed by atoms with Crippen LogP contribution in [-0.2, 0) is 0 Å². The predicted octanol–water partition coefficient (Wildman–Crippen LogP) is 4.47. The van der Waals surface area contributed by atoms with E-state index in [9.17, 15) is 15.3 Å². The quantitative estimate of drug-likeness (QED) is 0.745. The lowest BCUT2D eigenvalue weighted by Gasteiger charge is -2.18. The molecule has 0 N–H and O–H groups in total. The van der Waals surface area contributed by atoms with E-state index in [-0.39, 0.29) is 12.2 Å². The fourth-order valence-electron chi connectivity index (χ4n) is 2.33. The fraction of sp³-hybridized carbons (Fsp3) is 0.167. The molecule has 0 bridgehead atoms. The molecule has 0 spiro atoms. The van der Waals surface area contributed by atoms with Gasteiger partial charge in [0.2, 0.25) is 0 Å². The van der Waals surface area contributed by atoms with Gasteiger partial charge in [-0.1, -0.05) is 64.5 Å². The van der Waals surface area contributed by atoms with Crippen LogP contribution in [0.2, 0.25) is 0 Å². The van der Waals surface area contributed by atoms with Crippen LogP contribution >= 0.6 is 15.9 Å². The molecule has 4 heteroatoms. The number of ketones is 1. The van der Waals surface area contributed by atoms with E-state index in [1.165, 1.54) is 0 Å². The molecule has 2 aromatic carbocycles. The Morgan fingerprint density at radius 1 is 1.00 bits per heavy atom. The highest BCUT2D eigenvalue weighted by Crippen LogP contribution is 2.34. The summed E-state index contributed by atoms with van der Waals surface area (Å²) in [7, 11) is 0. The Balaban J connectivity index is 2.35. The summed E-state index contributed by atoms with van der Waals surface area (Å²) >= 11 is 3.44. The molecule has 0 aliphatic rings. The van der Waals surface area contributed by atoms with Gasteiger partial charge in [-0.15, -0.1) is 0 Å². The summed E-state index contributed by atoms with van der Waals surface area (Å²) in [5, 5.41) is 18.5. The second-order valence-corrected chi connectivity index (χ2v) is 5.71. The van der Waals surface area contributed by atoms with E-state index in [1.807, 2.05) is 42.5 Å².